The molecule has 0 N–H and O–H groups in total. The van der Waals surface area contributed by atoms with Crippen LogP contribution in [-0.2, 0) is 0 Å². The van der Waals surface area contributed by atoms with E-state index in [4.69, 9.17) is 6.42 Å². The summed E-state index contributed by atoms with van der Waals surface area (Å²) < 4.78 is 0. The van der Waals surface area contributed by atoms with E-state index in [-0.39, 0.29) is 0 Å². The van der Waals surface area contributed by atoms with Crippen LogP contribution in [0, 0.1) is 35.0 Å². The predicted octanol–water partition coefficient (Wildman–Crippen LogP) is 3.47. The molecule has 13 heavy (non-hydrogen) atoms. The molecule has 2 unspecified atom stereocenters. The topological polar surface area (TPSA) is 0 Å². The third-order valence-corrected chi connectivity index (χ3v) is 5.04. The fourth-order valence-corrected chi connectivity index (χ4v) is 4.26. The molecule has 0 heterocycles. The Morgan fingerprint density at radius 1 is 1.46 bits per heavy atom. The van der Waals surface area contributed by atoms with Gasteiger partial charge in [0.2, 0.25) is 0 Å². The molecule has 0 aromatic carbocycles. The molecule has 0 nitrogen and oxygen atoms in total. The molecule has 3 rings (SSSR count). The zero-order valence-electron chi connectivity index (χ0n) is 9.06. The molecule has 0 radical (unpaired) electrons. The molecule has 0 aromatic heterocycles. The lowest BCUT2D eigenvalue weighted by molar-refractivity contribution is 0.0266. The third-order valence-electron chi connectivity index (χ3n) is 5.04. The summed E-state index contributed by atoms with van der Waals surface area (Å²) in [7, 11) is 0. The molecule has 0 spiro atoms. The highest BCUT2D eigenvalue weighted by molar-refractivity contribution is 5.17. The highest BCUT2D eigenvalue weighted by Gasteiger charge is 2.63. The van der Waals surface area contributed by atoms with Gasteiger partial charge in [-0.1, -0.05) is 20.8 Å². The number of terminal acetylenes is 1. The monoisotopic (exact) mass is 176 g/mol. The van der Waals surface area contributed by atoms with Crippen molar-refractivity contribution in [3.05, 3.63) is 0 Å². The van der Waals surface area contributed by atoms with E-state index in [0.29, 0.717) is 16.7 Å². The van der Waals surface area contributed by atoms with Crippen LogP contribution in [0.15, 0.2) is 0 Å². The SMILES string of the molecule is C#CC(C)C1(CC)CC2CC1(C)C2. The minimum absolute atomic E-state index is 0.468. The predicted molar refractivity (Wildman–Crippen MR) is 56.2 cm³/mol. The first-order valence-electron chi connectivity index (χ1n) is 5.54. The lowest BCUT2D eigenvalue weighted by atomic mass is 9.57. The highest BCUT2D eigenvalue weighted by Crippen LogP contribution is 2.72. The van der Waals surface area contributed by atoms with Crippen LogP contribution in [0.2, 0.25) is 0 Å². The molecule has 0 aliphatic heterocycles. The average molecular weight is 176 g/mol. The van der Waals surface area contributed by atoms with Crippen molar-refractivity contribution in [2.24, 2.45) is 22.7 Å². The Labute approximate surface area is 82.1 Å². The normalized spacial score (nSPS) is 49.5. The summed E-state index contributed by atoms with van der Waals surface area (Å²) in [4.78, 5) is 0. The van der Waals surface area contributed by atoms with Gasteiger partial charge >= 0.3 is 0 Å². The first-order valence-corrected chi connectivity index (χ1v) is 5.54. The van der Waals surface area contributed by atoms with Gasteiger partial charge < -0.3 is 0 Å². The molecule has 0 aromatic rings. The summed E-state index contributed by atoms with van der Waals surface area (Å²) >= 11 is 0. The Morgan fingerprint density at radius 2 is 2.08 bits per heavy atom. The largest absolute Gasteiger partial charge is 0.120 e. The van der Waals surface area contributed by atoms with Crippen molar-refractivity contribution in [3.63, 3.8) is 0 Å². The zero-order chi connectivity index (χ0) is 9.69. The molecule has 2 bridgehead atoms. The number of hydrogen-bond acceptors (Lipinski definition) is 0. The van der Waals surface area contributed by atoms with E-state index in [2.05, 4.69) is 26.7 Å². The second-order valence-corrected chi connectivity index (χ2v) is 5.44. The molecule has 0 amide bonds. The van der Waals surface area contributed by atoms with Gasteiger partial charge in [-0.25, -0.2) is 0 Å². The van der Waals surface area contributed by atoms with Gasteiger partial charge in [-0.15, -0.1) is 12.3 Å². The number of hydrogen-bond donors (Lipinski definition) is 0. The van der Waals surface area contributed by atoms with E-state index in [9.17, 15) is 0 Å². The molecular weight excluding hydrogens is 156 g/mol. The van der Waals surface area contributed by atoms with Crippen LogP contribution in [0.4, 0.5) is 0 Å². The van der Waals surface area contributed by atoms with Crippen LogP contribution in [0.5, 0.6) is 0 Å². The zero-order valence-corrected chi connectivity index (χ0v) is 9.06. The second-order valence-electron chi connectivity index (χ2n) is 5.44. The molecule has 3 aliphatic carbocycles. The summed E-state index contributed by atoms with van der Waals surface area (Å²) in [6.07, 6.45) is 11.1. The Hall–Kier alpha value is -0.440. The van der Waals surface area contributed by atoms with Crippen molar-refractivity contribution in [1.29, 1.82) is 0 Å². The summed E-state index contributed by atoms with van der Waals surface area (Å²) in [5.74, 6) is 4.45. The molecule has 72 valence electrons. The first-order chi connectivity index (χ1) is 6.08. The van der Waals surface area contributed by atoms with Crippen molar-refractivity contribution in [1.82, 2.24) is 0 Å². The van der Waals surface area contributed by atoms with Crippen LogP contribution in [0.3, 0.4) is 0 Å². The maximum atomic E-state index is 5.60. The first kappa shape index (κ1) is 9.13. The van der Waals surface area contributed by atoms with Crippen molar-refractivity contribution < 1.29 is 0 Å². The van der Waals surface area contributed by atoms with Crippen molar-refractivity contribution in [2.75, 3.05) is 0 Å². The van der Waals surface area contributed by atoms with Crippen LogP contribution < -0.4 is 0 Å². The van der Waals surface area contributed by atoms with Gasteiger partial charge in [0.25, 0.3) is 0 Å². The van der Waals surface area contributed by atoms with E-state index in [1.54, 1.807) is 0 Å². The molecule has 0 saturated heterocycles. The Balaban J connectivity index is 2.32. The molecule has 3 aliphatic rings. The fraction of sp³-hybridized carbons (Fsp3) is 0.846. The second kappa shape index (κ2) is 2.53. The molecule has 3 saturated carbocycles. The minimum Gasteiger partial charge on any atom is -0.120 e. The minimum atomic E-state index is 0.468. The lowest BCUT2D eigenvalue weighted by Gasteiger charge is -2.47. The quantitative estimate of drug-likeness (QED) is 0.565. The summed E-state index contributed by atoms with van der Waals surface area (Å²) in [5.41, 5.74) is 1.06. The van der Waals surface area contributed by atoms with Gasteiger partial charge in [0.15, 0.2) is 0 Å². The molecule has 0 heteroatoms. The Bertz CT molecular complexity index is 252. The summed E-state index contributed by atoms with van der Waals surface area (Å²) in [6.45, 7) is 7.02. The molecule has 3 fully saturated rings. The number of rotatable bonds is 2. The fourth-order valence-electron chi connectivity index (χ4n) is 4.26. The van der Waals surface area contributed by atoms with Crippen LogP contribution in [0.25, 0.3) is 0 Å². The average Bonchev–Trinajstić information content (AvgIpc) is 2.51. The lowest BCUT2D eigenvalue weighted by Crippen LogP contribution is -2.40. The van der Waals surface area contributed by atoms with Gasteiger partial charge in [0, 0.05) is 5.92 Å². The van der Waals surface area contributed by atoms with Crippen LogP contribution >= 0.6 is 0 Å². The van der Waals surface area contributed by atoms with Gasteiger partial charge in [0.05, 0.1) is 0 Å². The van der Waals surface area contributed by atoms with E-state index in [1.165, 1.54) is 25.7 Å². The Morgan fingerprint density at radius 3 is 2.38 bits per heavy atom. The van der Waals surface area contributed by atoms with Crippen molar-refractivity contribution >= 4 is 0 Å². The van der Waals surface area contributed by atoms with E-state index in [1.807, 2.05) is 0 Å². The van der Waals surface area contributed by atoms with Crippen LogP contribution in [-0.4, -0.2) is 0 Å². The maximum Gasteiger partial charge on any atom is 0.0233 e. The molecule has 2 atom stereocenters. The highest BCUT2D eigenvalue weighted by atomic mass is 14.7. The van der Waals surface area contributed by atoms with Gasteiger partial charge in [0.1, 0.15) is 0 Å². The van der Waals surface area contributed by atoms with E-state index < -0.39 is 0 Å². The summed E-state index contributed by atoms with van der Waals surface area (Å²) in [5, 5.41) is 0. The van der Waals surface area contributed by atoms with E-state index in [0.717, 1.165) is 5.92 Å². The van der Waals surface area contributed by atoms with E-state index >= 15 is 0 Å². The van der Waals surface area contributed by atoms with Gasteiger partial charge in [-0.2, -0.15) is 0 Å². The Kier molecular flexibility index (Phi) is 1.78. The van der Waals surface area contributed by atoms with Gasteiger partial charge in [-0.05, 0) is 42.4 Å². The summed E-state index contributed by atoms with van der Waals surface area (Å²) in [6, 6.07) is 0. The maximum absolute atomic E-state index is 5.60. The van der Waals surface area contributed by atoms with Crippen molar-refractivity contribution in [2.45, 2.75) is 46.5 Å². The molecular formula is C13H20. The standard InChI is InChI=1S/C13H20/c1-5-10(3)13(6-2)9-11-7-12(13,4)8-11/h1,10-11H,6-9H2,2-4H3. The number of fused-ring (bicyclic) bond motifs is 1. The van der Waals surface area contributed by atoms with Crippen molar-refractivity contribution in [3.8, 4) is 12.3 Å². The smallest absolute Gasteiger partial charge is 0.0233 e. The third kappa shape index (κ3) is 0.885. The van der Waals surface area contributed by atoms with Crippen LogP contribution in [0.1, 0.15) is 46.5 Å². The van der Waals surface area contributed by atoms with Gasteiger partial charge in [-0.3, -0.25) is 0 Å².